The van der Waals surface area contributed by atoms with Crippen molar-refractivity contribution < 1.29 is 18.7 Å². The van der Waals surface area contributed by atoms with E-state index in [9.17, 15) is 18.7 Å². The van der Waals surface area contributed by atoms with E-state index in [0.29, 0.717) is 5.56 Å². The number of nitrogens with zero attached hydrogens (tertiary/aromatic N) is 1. The van der Waals surface area contributed by atoms with Gasteiger partial charge >= 0.3 is 6.03 Å². The molecule has 0 heterocycles. The molecule has 0 saturated heterocycles. The summed E-state index contributed by atoms with van der Waals surface area (Å²) in [6.07, 6.45) is -1.50. The Bertz CT molecular complexity index is 768. The zero-order chi connectivity index (χ0) is 18.4. The lowest BCUT2D eigenvalue weighted by atomic mass is 10.1. The van der Waals surface area contributed by atoms with Crippen LogP contribution in [-0.4, -0.2) is 17.7 Å². The van der Waals surface area contributed by atoms with Crippen LogP contribution < -0.4 is 10.6 Å². The van der Waals surface area contributed by atoms with Crippen LogP contribution in [0.2, 0.25) is 0 Å². The van der Waals surface area contributed by atoms with Gasteiger partial charge in [0.15, 0.2) is 0 Å². The molecule has 2 aromatic carbocycles. The Labute approximate surface area is 143 Å². The average Bonchev–Trinajstić information content (AvgIpc) is 2.60. The molecule has 0 aliphatic heterocycles. The fraction of sp³-hybridized carbons (Fsp3) is 0.222. The van der Waals surface area contributed by atoms with Gasteiger partial charge in [0.2, 0.25) is 0 Å². The molecule has 2 rings (SSSR count). The van der Waals surface area contributed by atoms with Crippen molar-refractivity contribution >= 4 is 6.03 Å². The molecular formula is C18H17F2N3O2. The lowest BCUT2D eigenvalue weighted by molar-refractivity contribution is 0.164. The van der Waals surface area contributed by atoms with E-state index in [1.807, 2.05) is 6.07 Å². The van der Waals surface area contributed by atoms with Gasteiger partial charge in [0.05, 0.1) is 23.2 Å². The monoisotopic (exact) mass is 345 g/mol. The Hall–Kier alpha value is -2.98. The molecule has 2 amide bonds. The van der Waals surface area contributed by atoms with Gasteiger partial charge in [-0.15, -0.1) is 0 Å². The van der Waals surface area contributed by atoms with Crippen molar-refractivity contribution in [2.75, 3.05) is 6.54 Å². The summed E-state index contributed by atoms with van der Waals surface area (Å²) in [5, 5.41) is 23.7. The summed E-state index contributed by atoms with van der Waals surface area (Å²) in [5.74, 6) is -1.75. The molecule has 5 nitrogen and oxygen atoms in total. The Morgan fingerprint density at radius 1 is 1.20 bits per heavy atom. The first-order valence-corrected chi connectivity index (χ1v) is 7.58. The minimum atomic E-state index is -1.50. The SMILES string of the molecule is CC(NC(=O)NCC(O)c1c(F)cccc1F)c1ccc(C#N)cc1. The highest BCUT2D eigenvalue weighted by molar-refractivity contribution is 5.74. The summed E-state index contributed by atoms with van der Waals surface area (Å²) in [4.78, 5) is 11.9. The molecule has 25 heavy (non-hydrogen) atoms. The smallest absolute Gasteiger partial charge is 0.315 e. The van der Waals surface area contributed by atoms with Gasteiger partial charge < -0.3 is 15.7 Å². The van der Waals surface area contributed by atoms with Crippen LogP contribution in [0.15, 0.2) is 42.5 Å². The van der Waals surface area contributed by atoms with Gasteiger partial charge in [-0.3, -0.25) is 0 Å². The second kappa shape index (κ2) is 8.22. The molecule has 0 spiro atoms. The zero-order valence-electron chi connectivity index (χ0n) is 13.5. The maximum Gasteiger partial charge on any atom is 0.315 e. The van der Waals surface area contributed by atoms with Gasteiger partial charge in [0.1, 0.15) is 17.7 Å². The molecule has 2 unspecified atom stereocenters. The number of aliphatic hydroxyl groups excluding tert-OH is 1. The van der Waals surface area contributed by atoms with Gasteiger partial charge in [-0.2, -0.15) is 5.26 Å². The maximum absolute atomic E-state index is 13.6. The number of rotatable bonds is 5. The quantitative estimate of drug-likeness (QED) is 0.779. The van der Waals surface area contributed by atoms with Crippen molar-refractivity contribution in [3.8, 4) is 6.07 Å². The lowest BCUT2D eigenvalue weighted by Crippen LogP contribution is -2.39. The molecule has 130 valence electrons. The molecule has 0 bridgehead atoms. The summed E-state index contributed by atoms with van der Waals surface area (Å²) < 4.78 is 27.1. The van der Waals surface area contributed by atoms with E-state index in [1.165, 1.54) is 6.07 Å². The molecular weight excluding hydrogens is 328 g/mol. The van der Waals surface area contributed by atoms with Crippen LogP contribution in [0.1, 0.15) is 35.8 Å². The van der Waals surface area contributed by atoms with Crippen LogP contribution in [0.3, 0.4) is 0 Å². The van der Waals surface area contributed by atoms with Crippen molar-refractivity contribution in [1.82, 2.24) is 10.6 Å². The van der Waals surface area contributed by atoms with Crippen LogP contribution in [0.5, 0.6) is 0 Å². The summed E-state index contributed by atoms with van der Waals surface area (Å²) in [6.45, 7) is 1.40. The molecule has 2 aromatic rings. The average molecular weight is 345 g/mol. The van der Waals surface area contributed by atoms with Gasteiger partial charge in [-0.05, 0) is 36.8 Å². The Kier molecular flexibility index (Phi) is 6.03. The number of hydrogen-bond donors (Lipinski definition) is 3. The largest absolute Gasteiger partial charge is 0.386 e. The number of nitrogens with one attached hydrogen (secondary N) is 2. The van der Waals surface area contributed by atoms with E-state index >= 15 is 0 Å². The summed E-state index contributed by atoms with van der Waals surface area (Å²) in [5.41, 5.74) is 0.813. The number of hydrogen-bond acceptors (Lipinski definition) is 3. The highest BCUT2D eigenvalue weighted by Crippen LogP contribution is 2.20. The first-order chi connectivity index (χ1) is 11.9. The summed E-state index contributed by atoms with van der Waals surface area (Å²) in [7, 11) is 0. The highest BCUT2D eigenvalue weighted by Gasteiger charge is 2.18. The van der Waals surface area contributed by atoms with Crippen molar-refractivity contribution in [3.05, 3.63) is 70.8 Å². The predicted octanol–water partition coefficient (Wildman–Crippen LogP) is 2.93. The molecule has 7 heteroatoms. The molecule has 0 fully saturated rings. The summed E-state index contributed by atoms with van der Waals surface area (Å²) >= 11 is 0. The van der Waals surface area contributed by atoms with E-state index in [2.05, 4.69) is 10.6 Å². The number of carbonyl (C=O) groups is 1. The standard InChI is InChI=1S/C18H17F2N3O2/c1-11(13-7-5-12(9-21)6-8-13)23-18(25)22-10-16(24)17-14(19)3-2-4-15(17)20/h2-8,11,16,24H,10H2,1H3,(H2,22,23,25). The van der Waals surface area contributed by atoms with Gasteiger partial charge in [-0.25, -0.2) is 13.6 Å². The lowest BCUT2D eigenvalue weighted by Gasteiger charge is -2.17. The Balaban J connectivity index is 1.90. The van der Waals surface area contributed by atoms with E-state index in [-0.39, 0.29) is 12.6 Å². The number of urea groups is 1. The third-order valence-electron chi connectivity index (χ3n) is 3.68. The van der Waals surface area contributed by atoms with Crippen molar-refractivity contribution in [3.63, 3.8) is 0 Å². The minimum Gasteiger partial charge on any atom is -0.386 e. The first kappa shape index (κ1) is 18.4. The van der Waals surface area contributed by atoms with Gasteiger partial charge in [-0.1, -0.05) is 18.2 Å². The molecule has 3 N–H and O–H groups in total. The van der Waals surface area contributed by atoms with E-state index in [0.717, 1.165) is 17.7 Å². The topological polar surface area (TPSA) is 85.2 Å². The Morgan fingerprint density at radius 3 is 2.36 bits per heavy atom. The number of carbonyl (C=O) groups excluding carboxylic acids is 1. The van der Waals surface area contributed by atoms with Crippen LogP contribution in [0.25, 0.3) is 0 Å². The molecule has 0 aliphatic carbocycles. The van der Waals surface area contributed by atoms with Crippen molar-refractivity contribution in [1.29, 1.82) is 5.26 Å². The van der Waals surface area contributed by atoms with Gasteiger partial charge in [0, 0.05) is 6.54 Å². The zero-order valence-corrected chi connectivity index (χ0v) is 13.5. The van der Waals surface area contributed by atoms with E-state index < -0.39 is 29.3 Å². The molecule has 0 radical (unpaired) electrons. The third kappa shape index (κ3) is 4.75. The predicted molar refractivity (Wildman–Crippen MR) is 87.4 cm³/mol. The van der Waals surface area contributed by atoms with Crippen LogP contribution >= 0.6 is 0 Å². The second-order valence-corrected chi connectivity index (χ2v) is 5.46. The highest BCUT2D eigenvalue weighted by atomic mass is 19.1. The number of halogens is 2. The number of nitriles is 1. The molecule has 2 atom stereocenters. The van der Waals surface area contributed by atoms with Gasteiger partial charge in [0.25, 0.3) is 0 Å². The van der Waals surface area contributed by atoms with E-state index in [4.69, 9.17) is 5.26 Å². The third-order valence-corrected chi connectivity index (χ3v) is 3.68. The van der Waals surface area contributed by atoms with E-state index in [1.54, 1.807) is 31.2 Å². The van der Waals surface area contributed by atoms with Crippen LogP contribution in [-0.2, 0) is 0 Å². The summed E-state index contributed by atoms with van der Waals surface area (Å²) in [6, 6.07) is 11.0. The minimum absolute atomic E-state index is 0.343. The normalized spacial score (nSPS) is 12.8. The van der Waals surface area contributed by atoms with Crippen molar-refractivity contribution in [2.45, 2.75) is 19.1 Å². The first-order valence-electron chi connectivity index (χ1n) is 7.58. The van der Waals surface area contributed by atoms with Crippen molar-refractivity contribution in [2.24, 2.45) is 0 Å². The molecule has 0 aromatic heterocycles. The molecule has 0 aliphatic rings. The second-order valence-electron chi connectivity index (χ2n) is 5.46. The van der Waals surface area contributed by atoms with Crippen LogP contribution in [0.4, 0.5) is 13.6 Å². The molecule has 0 saturated carbocycles. The fourth-order valence-electron chi connectivity index (χ4n) is 2.30. The maximum atomic E-state index is 13.6. The fourth-order valence-corrected chi connectivity index (χ4v) is 2.30. The number of amides is 2. The number of benzene rings is 2. The Morgan fingerprint density at radius 2 is 1.80 bits per heavy atom. The number of aliphatic hydroxyl groups is 1. The van der Waals surface area contributed by atoms with Crippen LogP contribution in [0, 0.1) is 23.0 Å².